The van der Waals surface area contributed by atoms with Gasteiger partial charge in [0.2, 0.25) is 0 Å². The lowest BCUT2D eigenvalue weighted by molar-refractivity contribution is -0.111. The van der Waals surface area contributed by atoms with Crippen molar-refractivity contribution in [1.82, 2.24) is 0 Å². The van der Waals surface area contributed by atoms with Gasteiger partial charge in [0.1, 0.15) is 5.82 Å². The average molecular weight is 176 g/mol. The summed E-state index contributed by atoms with van der Waals surface area (Å²) < 4.78 is 12.5. The Labute approximate surface area is 73.6 Å². The topological polar surface area (TPSA) is 41.8 Å². The van der Waals surface area contributed by atoms with Gasteiger partial charge in [0.15, 0.2) is 5.84 Å². The fraction of sp³-hybridized carbons (Fsp3) is 0. The summed E-state index contributed by atoms with van der Waals surface area (Å²) in [5.74, 6) is -0.359. The van der Waals surface area contributed by atoms with Crippen LogP contribution in [0.5, 0.6) is 0 Å². The summed E-state index contributed by atoms with van der Waals surface area (Å²) in [4.78, 5) is 18.1. The van der Waals surface area contributed by atoms with Gasteiger partial charge in [-0.2, -0.15) is 4.99 Å². The Balaban J connectivity index is 2.37. The first-order valence-electron chi connectivity index (χ1n) is 3.68. The Bertz CT molecular complexity index is 406. The van der Waals surface area contributed by atoms with Gasteiger partial charge in [-0.1, -0.05) is 0 Å². The third-order valence-corrected chi connectivity index (χ3v) is 1.62. The third kappa shape index (κ3) is 1.51. The van der Waals surface area contributed by atoms with E-state index in [1.165, 1.54) is 24.3 Å². The summed E-state index contributed by atoms with van der Waals surface area (Å²) in [6, 6.07) is 5.67. The van der Waals surface area contributed by atoms with Crippen LogP contribution in [0.4, 0.5) is 4.39 Å². The van der Waals surface area contributed by atoms with Crippen LogP contribution in [0.25, 0.3) is 0 Å². The monoisotopic (exact) mass is 176 g/mol. The largest absolute Gasteiger partial charge is 0.290 e. The molecule has 64 valence electrons. The molecule has 4 heteroatoms. The number of halogens is 1. The maximum atomic E-state index is 12.5. The standard InChI is InChI=1S/C9H5FN2O/c10-7-3-1-6(2-4-7)9-11-5-8(13)12-9/h1-5H. The van der Waals surface area contributed by atoms with Crippen LogP contribution in [0.1, 0.15) is 5.56 Å². The second-order valence-corrected chi connectivity index (χ2v) is 2.54. The van der Waals surface area contributed by atoms with E-state index >= 15 is 0 Å². The zero-order valence-corrected chi connectivity index (χ0v) is 6.57. The highest BCUT2D eigenvalue weighted by atomic mass is 19.1. The highest BCUT2D eigenvalue weighted by molar-refractivity contribution is 6.36. The SMILES string of the molecule is O=C1C=NC(c2ccc(F)cc2)=N1. The van der Waals surface area contributed by atoms with Crippen LogP contribution in [-0.4, -0.2) is 18.0 Å². The van der Waals surface area contributed by atoms with Crippen molar-refractivity contribution in [3.63, 3.8) is 0 Å². The number of nitrogens with zero attached hydrogens (tertiary/aromatic N) is 2. The molecule has 1 aliphatic rings. The van der Waals surface area contributed by atoms with Crippen LogP contribution < -0.4 is 0 Å². The Morgan fingerprint density at radius 3 is 2.38 bits per heavy atom. The molecule has 0 fully saturated rings. The molecule has 1 aromatic rings. The Morgan fingerprint density at radius 2 is 1.85 bits per heavy atom. The van der Waals surface area contributed by atoms with Crippen molar-refractivity contribution in [1.29, 1.82) is 0 Å². The number of aliphatic imine (C=N–C) groups is 2. The zero-order valence-electron chi connectivity index (χ0n) is 6.57. The van der Waals surface area contributed by atoms with E-state index in [0.717, 1.165) is 6.21 Å². The van der Waals surface area contributed by atoms with Crippen molar-refractivity contribution in [2.75, 3.05) is 0 Å². The number of carbonyl (C=O) groups excluding carboxylic acids is 1. The van der Waals surface area contributed by atoms with Crippen LogP contribution in [0.15, 0.2) is 34.3 Å². The minimum absolute atomic E-state index is 0.322. The Kier molecular flexibility index (Phi) is 1.73. The number of amides is 1. The quantitative estimate of drug-likeness (QED) is 0.633. The minimum atomic E-state index is -0.376. The molecule has 0 aliphatic carbocycles. The number of amidine groups is 1. The molecule has 1 aromatic carbocycles. The molecular formula is C9H5FN2O. The van der Waals surface area contributed by atoms with Crippen molar-refractivity contribution < 1.29 is 9.18 Å². The molecule has 3 nitrogen and oxygen atoms in total. The molecule has 1 aliphatic heterocycles. The summed E-state index contributed by atoms with van der Waals surface area (Å²) in [6.45, 7) is 0. The van der Waals surface area contributed by atoms with E-state index < -0.39 is 0 Å². The fourth-order valence-electron chi connectivity index (χ4n) is 1.02. The van der Waals surface area contributed by atoms with E-state index in [4.69, 9.17) is 0 Å². The van der Waals surface area contributed by atoms with Crippen LogP contribution >= 0.6 is 0 Å². The first-order chi connectivity index (χ1) is 6.25. The smallest absolute Gasteiger partial charge is 0.266 e. The number of hydrogen-bond donors (Lipinski definition) is 0. The number of hydrogen-bond acceptors (Lipinski definition) is 2. The lowest BCUT2D eigenvalue weighted by atomic mass is 10.2. The van der Waals surface area contributed by atoms with E-state index in [0.29, 0.717) is 11.4 Å². The maximum absolute atomic E-state index is 12.5. The van der Waals surface area contributed by atoms with E-state index in [2.05, 4.69) is 9.98 Å². The fourth-order valence-corrected chi connectivity index (χ4v) is 1.02. The summed E-state index contributed by atoms with van der Waals surface area (Å²) in [5, 5.41) is 0. The van der Waals surface area contributed by atoms with E-state index in [9.17, 15) is 9.18 Å². The van der Waals surface area contributed by atoms with Gasteiger partial charge in [-0.05, 0) is 24.3 Å². The molecule has 1 heterocycles. The van der Waals surface area contributed by atoms with Gasteiger partial charge in [-0.3, -0.25) is 4.79 Å². The summed E-state index contributed by atoms with van der Waals surface area (Å²) in [6.07, 6.45) is 1.14. The van der Waals surface area contributed by atoms with Gasteiger partial charge in [-0.25, -0.2) is 9.38 Å². The van der Waals surface area contributed by atoms with Crippen molar-refractivity contribution in [3.8, 4) is 0 Å². The third-order valence-electron chi connectivity index (χ3n) is 1.62. The summed E-state index contributed by atoms with van der Waals surface area (Å²) >= 11 is 0. The Hall–Kier alpha value is -1.84. The molecular weight excluding hydrogens is 171 g/mol. The van der Waals surface area contributed by atoms with Crippen LogP contribution in [0, 0.1) is 5.82 Å². The normalized spacial score (nSPS) is 14.8. The molecule has 0 saturated carbocycles. The summed E-state index contributed by atoms with van der Waals surface area (Å²) in [7, 11) is 0. The molecule has 13 heavy (non-hydrogen) atoms. The molecule has 0 atom stereocenters. The summed E-state index contributed by atoms with van der Waals surface area (Å²) in [5.41, 5.74) is 0.642. The molecule has 0 radical (unpaired) electrons. The number of carbonyl (C=O) groups is 1. The molecule has 0 unspecified atom stereocenters. The first-order valence-corrected chi connectivity index (χ1v) is 3.68. The van der Waals surface area contributed by atoms with Crippen molar-refractivity contribution in [2.24, 2.45) is 9.98 Å². The Morgan fingerprint density at radius 1 is 1.15 bits per heavy atom. The van der Waals surface area contributed by atoms with Crippen LogP contribution in [0.2, 0.25) is 0 Å². The lowest BCUT2D eigenvalue weighted by Crippen LogP contribution is -1.94. The highest BCUT2D eigenvalue weighted by Crippen LogP contribution is 2.07. The minimum Gasteiger partial charge on any atom is -0.266 e. The van der Waals surface area contributed by atoms with Crippen LogP contribution in [-0.2, 0) is 4.79 Å². The average Bonchev–Trinajstić information content (AvgIpc) is 2.53. The van der Waals surface area contributed by atoms with Gasteiger partial charge < -0.3 is 0 Å². The second-order valence-electron chi connectivity index (χ2n) is 2.54. The predicted octanol–water partition coefficient (Wildman–Crippen LogP) is 1.18. The number of benzene rings is 1. The molecule has 0 saturated heterocycles. The molecule has 0 spiro atoms. The second kappa shape index (κ2) is 2.90. The van der Waals surface area contributed by atoms with E-state index in [1.807, 2.05) is 0 Å². The molecule has 0 aromatic heterocycles. The van der Waals surface area contributed by atoms with Crippen molar-refractivity contribution in [3.05, 3.63) is 35.6 Å². The molecule has 0 bridgehead atoms. The highest BCUT2D eigenvalue weighted by Gasteiger charge is 2.09. The van der Waals surface area contributed by atoms with Gasteiger partial charge >= 0.3 is 0 Å². The number of rotatable bonds is 1. The maximum Gasteiger partial charge on any atom is 0.290 e. The van der Waals surface area contributed by atoms with Gasteiger partial charge in [0.05, 0.1) is 6.21 Å². The van der Waals surface area contributed by atoms with Gasteiger partial charge in [-0.15, -0.1) is 0 Å². The van der Waals surface area contributed by atoms with Crippen LogP contribution in [0.3, 0.4) is 0 Å². The van der Waals surface area contributed by atoms with E-state index in [1.54, 1.807) is 0 Å². The van der Waals surface area contributed by atoms with Gasteiger partial charge in [0, 0.05) is 5.56 Å². The lowest BCUT2D eigenvalue weighted by Gasteiger charge is -1.95. The first kappa shape index (κ1) is 7.79. The molecule has 2 rings (SSSR count). The molecule has 0 N–H and O–H groups in total. The predicted molar refractivity (Wildman–Crippen MR) is 46.4 cm³/mol. The zero-order chi connectivity index (χ0) is 9.26. The van der Waals surface area contributed by atoms with E-state index in [-0.39, 0.29) is 11.7 Å². The van der Waals surface area contributed by atoms with Gasteiger partial charge in [0.25, 0.3) is 5.91 Å². The molecule has 1 amide bonds. The van der Waals surface area contributed by atoms with Crippen molar-refractivity contribution >= 4 is 18.0 Å². The van der Waals surface area contributed by atoms with Crippen molar-refractivity contribution in [2.45, 2.75) is 0 Å².